The Hall–Kier alpha value is -2.44. The molecule has 0 atom stereocenters. The number of halogens is 1. The first kappa shape index (κ1) is 20.3. The van der Waals surface area contributed by atoms with Gasteiger partial charge in [-0.2, -0.15) is 0 Å². The number of rotatable bonds is 6. The van der Waals surface area contributed by atoms with Crippen molar-refractivity contribution in [2.24, 2.45) is 0 Å². The maximum atomic E-state index is 12.4. The highest BCUT2D eigenvalue weighted by Gasteiger charge is 2.12. The van der Waals surface area contributed by atoms with E-state index in [0.29, 0.717) is 12.1 Å². The fraction of sp³-hybridized carbons (Fsp3) is 0.273. The van der Waals surface area contributed by atoms with Crippen LogP contribution in [0.2, 0.25) is 0 Å². The van der Waals surface area contributed by atoms with Gasteiger partial charge in [0.1, 0.15) is 5.58 Å². The van der Waals surface area contributed by atoms with Crippen LogP contribution >= 0.6 is 15.9 Å². The van der Waals surface area contributed by atoms with Crippen molar-refractivity contribution in [2.45, 2.75) is 26.8 Å². The SMILES string of the molecule is CCc1ccc2c(CN(C)CC(=O)Nc3ccc(Br)cc3C)cc(=O)oc2c1. The highest BCUT2D eigenvalue weighted by Crippen LogP contribution is 2.21. The lowest BCUT2D eigenvalue weighted by Crippen LogP contribution is -2.30. The largest absolute Gasteiger partial charge is 0.423 e. The third kappa shape index (κ3) is 4.88. The first-order valence-corrected chi connectivity index (χ1v) is 9.95. The molecule has 1 amide bonds. The molecule has 3 aromatic rings. The first-order valence-electron chi connectivity index (χ1n) is 9.16. The molecule has 28 heavy (non-hydrogen) atoms. The number of benzene rings is 2. The molecule has 0 spiro atoms. The summed E-state index contributed by atoms with van der Waals surface area (Å²) in [6.07, 6.45) is 0.874. The van der Waals surface area contributed by atoms with E-state index in [1.165, 1.54) is 6.07 Å². The van der Waals surface area contributed by atoms with Gasteiger partial charge in [-0.15, -0.1) is 0 Å². The molecule has 0 radical (unpaired) electrons. The Morgan fingerprint density at radius 3 is 2.68 bits per heavy atom. The van der Waals surface area contributed by atoms with E-state index in [0.717, 1.165) is 38.7 Å². The normalized spacial score (nSPS) is 11.2. The highest BCUT2D eigenvalue weighted by atomic mass is 79.9. The van der Waals surface area contributed by atoms with Gasteiger partial charge in [0.05, 0.1) is 6.54 Å². The minimum Gasteiger partial charge on any atom is -0.423 e. The third-order valence-corrected chi connectivity index (χ3v) is 5.11. The second kappa shape index (κ2) is 8.71. The topological polar surface area (TPSA) is 62.6 Å². The number of hydrogen-bond donors (Lipinski definition) is 1. The van der Waals surface area contributed by atoms with E-state index >= 15 is 0 Å². The molecule has 0 unspecified atom stereocenters. The van der Waals surface area contributed by atoms with Crippen molar-refractivity contribution in [2.75, 3.05) is 18.9 Å². The third-order valence-electron chi connectivity index (χ3n) is 4.62. The summed E-state index contributed by atoms with van der Waals surface area (Å²) in [5, 5.41) is 3.83. The Morgan fingerprint density at radius 1 is 1.18 bits per heavy atom. The lowest BCUT2D eigenvalue weighted by Gasteiger charge is -2.18. The second-order valence-electron chi connectivity index (χ2n) is 6.95. The number of fused-ring (bicyclic) bond motifs is 1. The van der Waals surface area contributed by atoms with Gasteiger partial charge in [-0.3, -0.25) is 9.69 Å². The molecule has 0 saturated heterocycles. The summed E-state index contributed by atoms with van der Waals surface area (Å²) in [5.74, 6) is -0.103. The molecule has 5 nitrogen and oxygen atoms in total. The van der Waals surface area contributed by atoms with Gasteiger partial charge in [0.2, 0.25) is 5.91 Å². The molecule has 0 fully saturated rings. The zero-order valence-corrected chi connectivity index (χ0v) is 17.8. The number of anilines is 1. The van der Waals surface area contributed by atoms with Gasteiger partial charge in [-0.1, -0.05) is 35.0 Å². The van der Waals surface area contributed by atoms with E-state index in [1.807, 2.05) is 55.3 Å². The predicted octanol–water partition coefficient (Wildman–Crippen LogP) is 4.50. The molecule has 3 rings (SSSR count). The number of carbonyl (C=O) groups excluding carboxylic acids is 1. The minimum absolute atomic E-state index is 0.103. The zero-order valence-electron chi connectivity index (χ0n) is 16.2. The fourth-order valence-corrected chi connectivity index (χ4v) is 3.65. The van der Waals surface area contributed by atoms with Crippen molar-refractivity contribution in [3.8, 4) is 0 Å². The summed E-state index contributed by atoms with van der Waals surface area (Å²) < 4.78 is 6.33. The van der Waals surface area contributed by atoms with E-state index in [4.69, 9.17) is 4.42 Å². The van der Waals surface area contributed by atoms with Crippen LogP contribution in [0.25, 0.3) is 11.0 Å². The number of hydrogen-bond acceptors (Lipinski definition) is 4. The monoisotopic (exact) mass is 442 g/mol. The maximum absolute atomic E-state index is 12.4. The number of aryl methyl sites for hydroxylation is 2. The van der Waals surface area contributed by atoms with Crippen molar-refractivity contribution in [3.05, 3.63) is 74.0 Å². The molecular formula is C22H23BrN2O3. The van der Waals surface area contributed by atoms with Gasteiger partial charge in [-0.05, 0) is 61.3 Å². The molecule has 0 bridgehead atoms. The van der Waals surface area contributed by atoms with Crippen LogP contribution in [0.5, 0.6) is 0 Å². The van der Waals surface area contributed by atoms with E-state index in [9.17, 15) is 9.59 Å². The van der Waals surface area contributed by atoms with E-state index in [1.54, 1.807) is 0 Å². The lowest BCUT2D eigenvalue weighted by molar-refractivity contribution is -0.117. The van der Waals surface area contributed by atoms with Crippen LogP contribution < -0.4 is 10.9 Å². The van der Waals surface area contributed by atoms with E-state index in [2.05, 4.69) is 28.2 Å². The standard InChI is InChI=1S/C22H23BrN2O3/c1-4-15-5-7-18-16(11-22(27)28-20(18)10-15)12-25(3)13-21(26)24-19-8-6-17(23)9-14(19)2/h5-11H,4,12-13H2,1-3H3,(H,24,26). The van der Waals surface area contributed by atoms with Crippen LogP contribution in [0.15, 0.2) is 56.1 Å². The zero-order chi connectivity index (χ0) is 20.3. The van der Waals surface area contributed by atoms with Gasteiger partial charge >= 0.3 is 5.63 Å². The molecule has 146 valence electrons. The van der Waals surface area contributed by atoms with Crippen molar-refractivity contribution in [3.63, 3.8) is 0 Å². The first-order chi connectivity index (χ1) is 13.4. The Kier molecular flexibility index (Phi) is 6.31. The van der Waals surface area contributed by atoms with Crippen LogP contribution in [-0.4, -0.2) is 24.4 Å². The fourth-order valence-electron chi connectivity index (χ4n) is 3.17. The predicted molar refractivity (Wildman–Crippen MR) is 116 cm³/mol. The van der Waals surface area contributed by atoms with Gasteiger partial charge in [0.15, 0.2) is 0 Å². The van der Waals surface area contributed by atoms with Gasteiger partial charge in [-0.25, -0.2) is 4.79 Å². The molecule has 0 aliphatic carbocycles. The molecule has 0 aliphatic heterocycles. The summed E-state index contributed by atoms with van der Waals surface area (Å²) in [7, 11) is 1.86. The number of likely N-dealkylation sites (N-methyl/N-ethyl adjacent to an activating group) is 1. The van der Waals surface area contributed by atoms with E-state index in [-0.39, 0.29) is 18.1 Å². The van der Waals surface area contributed by atoms with Crippen LogP contribution in [-0.2, 0) is 17.8 Å². The molecule has 0 aliphatic rings. The number of amides is 1. The minimum atomic E-state index is -0.376. The summed E-state index contributed by atoms with van der Waals surface area (Å²) in [4.78, 5) is 26.2. The average Bonchev–Trinajstić information content (AvgIpc) is 2.63. The molecule has 1 aromatic heterocycles. The number of nitrogens with zero attached hydrogens (tertiary/aromatic N) is 1. The van der Waals surface area contributed by atoms with Crippen molar-refractivity contribution < 1.29 is 9.21 Å². The molecule has 2 aromatic carbocycles. The van der Waals surface area contributed by atoms with Gasteiger partial charge < -0.3 is 9.73 Å². The molecule has 1 heterocycles. The molecule has 0 saturated carbocycles. The molecule has 1 N–H and O–H groups in total. The Bertz CT molecular complexity index is 1080. The lowest BCUT2D eigenvalue weighted by atomic mass is 10.1. The van der Waals surface area contributed by atoms with Crippen LogP contribution in [0.3, 0.4) is 0 Å². The quantitative estimate of drug-likeness (QED) is 0.570. The average molecular weight is 443 g/mol. The Balaban J connectivity index is 1.73. The van der Waals surface area contributed by atoms with Crippen molar-refractivity contribution >= 4 is 38.5 Å². The maximum Gasteiger partial charge on any atom is 0.336 e. The molecule has 6 heteroatoms. The summed E-state index contributed by atoms with van der Waals surface area (Å²) in [6.45, 7) is 4.69. The van der Waals surface area contributed by atoms with Gasteiger partial charge in [0, 0.05) is 28.2 Å². The van der Waals surface area contributed by atoms with E-state index < -0.39 is 0 Å². The smallest absolute Gasteiger partial charge is 0.336 e. The van der Waals surface area contributed by atoms with Crippen molar-refractivity contribution in [1.82, 2.24) is 4.90 Å². The Morgan fingerprint density at radius 2 is 1.96 bits per heavy atom. The summed E-state index contributed by atoms with van der Waals surface area (Å²) in [6, 6.07) is 13.1. The second-order valence-corrected chi connectivity index (χ2v) is 7.87. The Labute approximate surface area is 172 Å². The number of nitrogens with one attached hydrogen (secondary N) is 1. The molecular weight excluding hydrogens is 420 g/mol. The highest BCUT2D eigenvalue weighted by molar-refractivity contribution is 9.10. The summed E-state index contributed by atoms with van der Waals surface area (Å²) in [5.41, 5.74) is 3.96. The van der Waals surface area contributed by atoms with Crippen LogP contribution in [0, 0.1) is 6.92 Å². The van der Waals surface area contributed by atoms with Crippen LogP contribution in [0.4, 0.5) is 5.69 Å². The van der Waals surface area contributed by atoms with Gasteiger partial charge in [0.25, 0.3) is 0 Å². The van der Waals surface area contributed by atoms with Crippen LogP contribution in [0.1, 0.15) is 23.6 Å². The van der Waals surface area contributed by atoms with Crippen molar-refractivity contribution in [1.29, 1.82) is 0 Å². The number of carbonyl (C=O) groups is 1. The summed E-state index contributed by atoms with van der Waals surface area (Å²) >= 11 is 3.42.